The molecule has 0 aliphatic carbocycles. The molecule has 0 saturated heterocycles. The average molecular weight is 491 g/mol. The van der Waals surface area contributed by atoms with Crippen molar-refractivity contribution in [3.05, 3.63) is 89.7 Å². The largest absolute Gasteiger partial charge is 0.352 e. The number of benzene rings is 3. The summed E-state index contributed by atoms with van der Waals surface area (Å²) >= 11 is 0. The number of sulfone groups is 1. The van der Waals surface area contributed by atoms with E-state index in [2.05, 4.69) is 10.0 Å². The number of rotatable bonds is 9. The zero-order valence-corrected chi connectivity index (χ0v) is 19.4. The molecular weight excluding hydrogens is 467 g/mol. The molecule has 174 valence electrons. The molecule has 7 nitrogen and oxygen atoms in total. The molecule has 0 aliphatic rings. The highest BCUT2D eigenvalue weighted by Gasteiger charge is 2.16. The molecule has 0 unspecified atom stereocenters. The van der Waals surface area contributed by atoms with Crippen LogP contribution >= 0.6 is 0 Å². The van der Waals surface area contributed by atoms with E-state index >= 15 is 0 Å². The fourth-order valence-electron chi connectivity index (χ4n) is 3.00. The fraction of sp³-hybridized carbons (Fsp3) is 0.174. The summed E-state index contributed by atoms with van der Waals surface area (Å²) in [7, 11) is -7.33. The summed E-state index contributed by atoms with van der Waals surface area (Å²) in [5, 5.41) is 2.65. The minimum Gasteiger partial charge on any atom is -0.352 e. The van der Waals surface area contributed by atoms with Crippen molar-refractivity contribution in [1.29, 1.82) is 0 Å². The maximum atomic E-state index is 13.4. The van der Waals surface area contributed by atoms with Gasteiger partial charge < -0.3 is 5.32 Å². The molecular formula is C23H23FN2O5S2. The maximum absolute atomic E-state index is 13.4. The van der Waals surface area contributed by atoms with Gasteiger partial charge in [0.2, 0.25) is 0 Å². The van der Waals surface area contributed by atoms with Crippen molar-refractivity contribution in [2.75, 3.05) is 17.0 Å². The normalized spacial score (nSPS) is 11.7. The van der Waals surface area contributed by atoms with Crippen LogP contribution in [0, 0.1) is 12.7 Å². The van der Waals surface area contributed by atoms with E-state index in [9.17, 15) is 26.0 Å². The summed E-state index contributed by atoms with van der Waals surface area (Å²) in [6, 6.07) is 17.3. The van der Waals surface area contributed by atoms with Crippen LogP contribution in [0.25, 0.3) is 0 Å². The lowest BCUT2D eigenvalue weighted by atomic mass is 10.2. The van der Waals surface area contributed by atoms with Crippen LogP contribution in [0.4, 0.5) is 10.1 Å². The van der Waals surface area contributed by atoms with Crippen molar-refractivity contribution < 1.29 is 26.0 Å². The predicted molar refractivity (Wildman–Crippen MR) is 124 cm³/mol. The zero-order chi connectivity index (χ0) is 24.1. The summed E-state index contributed by atoms with van der Waals surface area (Å²) in [5.74, 6) is -1.00. The Labute approximate surface area is 192 Å². The van der Waals surface area contributed by atoms with Gasteiger partial charge in [0.25, 0.3) is 15.9 Å². The molecule has 3 rings (SSSR count). The number of hydrogen-bond donors (Lipinski definition) is 2. The SMILES string of the molecule is Cc1cc(S(=O)(=O)Nc2ccc(C(=O)NCCCS(=O)(=O)c3ccccc3)cc2)ccc1F. The Balaban J connectivity index is 1.54. The minimum absolute atomic E-state index is 0.0753. The first-order valence-electron chi connectivity index (χ1n) is 10.0. The van der Waals surface area contributed by atoms with E-state index in [1.54, 1.807) is 18.2 Å². The zero-order valence-electron chi connectivity index (χ0n) is 17.8. The van der Waals surface area contributed by atoms with Gasteiger partial charge in [-0.2, -0.15) is 0 Å². The number of hydrogen-bond acceptors (Lipinski definition) is 5. The molecule has 1 amide bonds. The lowest BCUT2D eigenvalue weighted by molar-refractivity contribution is 0.0953. The first-order chi connectivity index (χ1) is 15.6. The monoisotopic (exact) mass is 490 g/mol. The molecule has 0 saturated carbocycles. The van der Waals surface area contributed by atoms with Gasteiger partial charge in [-0.05, 0) is 73.5 Å². The highest BCUT2D eigenvalue weighted by molar-refractivity contribution is 7.92. The van der Waals surface area contributed by atoms with E-state index in [1.165, 1.54) is 55.5 Å². The van der Waals surface area contributed by atoms with Gasteiger partial charge in [0.05, 0.1) is 15.5 Å². The van der Waals surface area contributed by atoms with Gasteiger partial charge in [-0.1, -0.05) is 18.2 Å². The second kappa shape index (κ2) is 10.1. The first-order valence-corrected chi connectivity index (χ1v) is 13.2. The van der Waals surface area contributed by atoms with E-state index in [4.69, 9.17) is 0 Å². The lowest BCUT2D eigenvalue weighted by Gasteiger charge is -2.10. The van der Waals surface area contributed by atoms with Crippen LogP contribution in [0.15, 0.2) is 82.6 Å². The van der Waals surface area contributed by atoms with Crippen molar-refractivity contribution in [3.8, 4) is 0 Å². The quantitative estimate of drug-likeness (QED) is 0.446. The molecule has 0 heterocycles. The van der Waals surface area contributed by atoms with Crippen LogP contribution in [-0.2, 0) is 19.9 Å². The van der Waals surface area contributed by atoms with Gasteiger partial charge in [-0.15, -0.1) is 0 Å². The fourth-order valence-corrected chi connectivity index (χ4v) is 5.48. The second-order valence-corrected chi connectivity index (χ2v) is 11.1. The summed E-state index contributed by atoms with van der Waals surface area (Å²) in [6.07, 6.45) is 0.248. The third kappa shape index (κ3) is 6.39. The standard InChI is InChI=1S/C23H23FN2O5S2/c1-17-16-21(12-13-22(17)24)33(30,31)26-19-10-8-18(9-11-19)23(27)25-14-5-15-32(28,29)20-6-3-2-4-7-20/h2-4,6-13,16,26H,5,14-15H2,1H3,(H,25,27). The molecule has 10 heteroatoms. The van der Waals surface area contributed by atoms with E-state index in [-0.39, 0.29) is 39.8 Å². The van der Waals surface area contributed by atoms with Gasteiger partial charge in [0.15, 0.2) is 9.84 Å². The van der Waals surface area contributed by atoms with E-state index in [0.717, 1.165) is 6.07 Å². The number of carbonyl (C=O) groups is 1. The van der Waals surface area contributed by atoms with Crippen LogP contribution in [0.3, 0.4) is 0 Å². The second-order valence-electron chi connectivity index (χ2n) is 7.34. The van der Waals surface area contributed by atoms with Gasteiger partial charge >= 0.3 is 0 Å². The Kier molecular flexibility index (Phi) is 7.50. The van der Waals surface area contributed by atoms with Crippen LogP contribution in [0.5, 0.6) is 0 Å². The van der Waals surface area contributed by atoms with E-state index in [0.29, 0.717) is 5.56 Å². The van der Waals surface area contributed by atoms with Crippen molar-refractivity contribution >= 4 is 31.5 Å². The van der Waals surface area contributed by atoms with Gasteiger partial charge in [-0.3, -0.25) is 9.52 Å². The molecule has 0 spiro atoms. The number of amides is 1. The highest BCUT2D eigenvalue weighted by Crippen LogP contribution is 2.19. The number of anilines is 1. The number of halogens is 1. The Morgan fingerprint density at radius 1 is 0.879 bits per heavy atom. The van der Waals surface area contributed by atoms with Crippen molar-refractivity contribution in [2.24, 2.45) is 0 Å². The number of sulfonamides is 1. The number of nitrogens with one attached hydrogen (secondary N) is 2. The highest BCUT2D eigenvalue weighted by atomic mass is 32.2. The molecule has 0 radical (unpaired) electrons. The molecule has 0 atom stereocenters. The molecule has 33 heavy (non-hydrogen) atoms. The van der Waals surface area contributed by atoms with Gasteiger partial charge in [-0.25, -0.2) is 21.2 Å². The predicted octanol–water partition coefficient (Wildman–Crippen LogP) is 3.53. The number of carbonyl (C=O) groups excluding carboxylic acids is 1. The van der Waals surface area contributed by atoms with Gasteiger partial charge in [0.1, 0.15) is 5.82 Å². The van der Waals surface area contributed by atoms with Crippen molar-refractivity contribution in [2.45, 2.75) is 23.1 Å². The topological polar surface area (TPSA) is 109 Å². The van der Waals surface area contributed by atoms with Crippen molar-refractivity contribution in [1.82, 2.24) is 5.32 Å². The molecule has 0 aromatic heterocycles. The lowest BCUT2D eigenvalue weighted by Crippen LogP contribution is -2.26. The molecule has 0 fully saturated rings. The maximum Gasteiger partial charge on any atom is 0.261 e. The number of aryl methyl sites for hydroxylation is 1. The molecule has 2 N–H and O–H groups in total. The van der Waals surface area contributed by atoms with E-state index < -0.39 is 31.6 Å². The summed E-state index contributed by atoms with van der Waals surface area (Å²) < 4.78 is 65.2. The first kappa shape index (κ1) is 24.4. The Bertz CT molecular complexity index is 1340. The third-order valence-electron chi connectivity index (χ3n) is 4.82. The van der Waals surface area contributed by atoms with Crippen LogP contribution in [0.2, 0.25) is 0 Å². The molecule has 3 aromatic rings. The summed E-state index contributed by atoms with van der Waals surface area (Å²) in [4.78, 5) is 12.5. The van der Waals surface area contributed by atoms with Crippen LogP contribution in [-0.4, -0.2) is 35.0 Å². The third-order valence-corrected chi connectivity index (χ3v) is 8.01. The molecule has 3 aromatic carbocycles. The Morgan fingerprint density at radius 2 is 1.55 bits per heavy atom. The van der Waals surface area contributed by atoms with Crippen LogP contribution in [0.1, 0.15) is 22.3 Å². The van der Waals surface area contributed by atoms with E-state index in [1.807, 2.05) is 0 Å². The molecule has 0 aliphatic heterocycles. The van der Waals surface area contributed by atoms with Crippen molar-refractivity contribution in [3.63, 3.8) is 0 Å². The van der Waals surface area contributed by atoms with Gasteiger partial charge in [0, 0.05) is 17.8 Å². The Morgan fingerprint density at radius 3 is 2.18 bits per heavy atom. The average Bonchev–Trinajstić information content (AvgIpc) is 2.79. The smallest absolute Gasteiger partial charge is 0.261 e. The molecule has 0 bridgehead atoms. The summed E-state index contributed by atoms with van der Waals surface area (Å²) in [6.45, 7) is 1.64. The minimum atomic E-state index is -3.91. The summed E-state index contributed by atoms with van der Waals surface area (Å²) in [5.41, 5.74) is 0.741. The Hall–Kier alpha value is -3.24. The van der Waals surface area contributed by atoms with Crippen LogP contribution < -0.4 is 10.0 Å².